The van der Waals surface area contributed by atoms with Crippen molar-refractivity contribution in [2.24, 2.45) is 0 Å². The van der Waals surface area contributed by atoms with Crippen LogP contribution in [0, 0.1) is 0 Å². The molecule has 2 N–H and O–H groups in total. The summed E-state index contributed by atoms with van der Waals surface area (Å²) in [5.74, 6) is 0.132. The Morgan fingerprint density at radius 2 is 1.84 bits per heavy atom. The van der Waals surface area contributed by atoms with Crippen molar-refractivity contribution in [2.75, 3.05) is 19.4 Å². The van der Waals surface area contributed by atoms with Crippen LogP contribution in [-0.4, -0.2) is 40.0 Å². The second-order valence-electron chi connectivity index (χ2n) is 5.69. The van der Waals surface area contributed by atoms with Crippen molar-refractivity contribution in [3.63, 3.8) is 0 Å². The summed E-state index contributed by atoms with van der Waals surface area (Å²) < 4.78 is 0. The van der Waals surface area contributed by atoms with E-state index >= 15 is 0 Å². The molecule has 3 rings (SSSR count). The normalized spacial score (nSPS) is 10.3. The SMILES string of the molecule is CN(C)C(=O)c1cc(-c2ccnc(Nc3ccccc3)n2)ccc1O. The van der Waals surface area contributed by atoms with E-state index in [-0.39, 0.29) is 17.2 Å². The lowest BCUT2D eigenvalue weighted by Crippen LogP contribution is -2.21. The minimum Gasteiger partial charge on any atom is -0.507 e. The molecule has 1 amide bonds. The average molecular weight is 334 g/mol. The number of phenolic OH excluding ortho intramolecular Hbond substituents is 1. The van der Waals surface area contributed by atoms with Crippen molar-refractivity contribution in [3.05, 3.63) is 66.4 Å². The van der Waals surface area contributed by atoms with Crippen molar-refractivity contribution in [2.45, 2.75) is 0 Å². The largest absolute Gasteiger partial charge is 0.507 e. The monoisotopic (exact) mass is 334 g/mol. The zero-order chi connectivity index (χ0) is 17.8. The topological polar surface area (TPSA) is 78.4 Å². The maximum atomic E-state index is 12.2. The number of hydrogen-bond donors (Lipinski definition) is 2. The first-order valence-corrected chi connectivity index (χ1v) is 7.75. The summed E-state index contributed by atoms with van der Waals surface area (Å²) in [5.41, 5.74) is 2.50. The van der Waals surface area contributed by atoms with Crippen LogP contribution in [0.5, 0.6) is 5.75 Å². The van der Waals surface area contributed by atoms with E-state index in [0.29, 0.717) is 11.6 Å². The Kier molecular flexibility index (Phi) is 4.61. The van der Waals surface area contributed by atoms with Crippen LogP contribution in [0.2, 0.25) is 0 Å². The van der Waals surface area contributed by atoms with Crippen LogP contribution in [0.4, 0.5) is 11.6 Å². The molecule has 0 saturated carbocycles. The predicted octanol–water partition coefficient (Wildman–Crippen LogP) is 3.29. The third-order valence-corrected chi connectivity index (χ3v) is 3.61. The summed E-state index contributed by atoms with van der Waals surface area (Å²) in [4.78, 5) is 22.3. The van der Waals surface area contributed by atoms with Gasteiger partial charge in [-0.25, -0.2) is 9.97 Å². The van der Waals surface area contributed by atoms with Gasteiger partial charge in [0.1, 0.15) is 5.75 Å². The molecule has 0 aliphatic heterocycles. The van der Waals surface area contributed by atoms with E-state index < -0.39 is 0 Å². The van der Waals surface area contributed by atoms with Gasteiger partial charge in [0.25, 0.3) is 5.91 Å². The van der Waals surface area contributed by atoms with Gasteiger partial charge in [-0.3, -0.25) is 4.79 Å². The van der Waals surface area contributed by atoms with Gasteiger partial charge in [0.15, 0.2) is 0 Å². The number of hydrogen-bond acceptors (Lipinski definition) is 5. The van der Waals surface area contributed by atoms with Gasteiger partial charge < -0.3 is 15.3 Å². The number of carbonyl (C=O) groups is 1. The van der Waals surface area contributed by atoms with Crippen LogP contribution >= 0.6 is 0 Å². The van der Waals surface area contributed by atoms with Crippen molar-refractivity contribution < 1.29 is 9.90 Å². The molecule has 0 unspecified atom stereocenters. The number of para-hydroxylation sites is 1. The second kappa shape index (κ2) is 7.00. The Balaban J connectivity index is 1.93. The fraction of sp³-hybridized carbons (Fsp3) is 0.105. The molecule has 2 aromatic carbocycles. The van der Waals surface area contributed by atoms with Crippen LogP contribution in [0.25, 0.3) is 11.3 Å². The van der Waals surface area contributed by atoms with Gasteiger partial charge in [0.2, 0.25) is 5.95 Å². The van der Waals surface area contributed by atoms with Crippen molar-refractivity contribution >= 4 is 17.5 Å². The lowest BCUT2D eigenvalue weighted by atomic mass is 10.1. The van der Waals surface area contributed by atoms with E-state index in [4.69, 9.17) is 0 Å². The summed E-state index contributed by atoms with van der Waals surface area (Å²) >= 11 is 0. The summed E-state index contributed by atoms with van der Waals surface area (Å²) in [7, 11) is 3.28. The quantitative estimate of drug-likeness (QED) is 0.765. The number of amides is 1. The molecule has 25 heavy (non-hydrogen) atoms. The molecule has 0 saturated heterocycles. The first kappa shape index (κ1) is 16.4. The molecule has 0 fully saturated rings. The molecule has 0 spiro atoms. The molecular weight excluding hydrogens is 316 g/mol. The van der Waals surface area contributed by atoms with E-state index in [9.17, 15) is 9.90 Å². The number of carbonyl (C=O) groups excluding carboxylic acids is 1. The van der Waals surface area contributed by atoms with E-state index in [1.54, 1.807) is 38.5 Å². The van der Waals surface area contributed by atoms with Gasteiger partial charge in [-0.05, 0) is 36.4 Å². The number of nitrogens with zero attached hydrogens (tertiary/aromatic N) is 3. The van der Waals surface area contributed by atoms with Gasteiger partial charge in [-0.1, -0.05) is 18.2 Å². The highest BCUT2D eigenvalue weighted by Gasteiger charge is 2.15. The number of phenols is 1. The highest BCUT2D eigenvalue weighted by molar-refractivity contribution is 5.97. The first-order chi connectivity index (χ1) is 12.0. The van der Waals surface area contributed by atoms with E-state index in [1.165, 1.54) is 11.0 Å². The molecule has 0 bridgehead atoms. The average Bonchev–Trinajstić information content (AvgIpc) is 2.62. The minimum atomic E-state index is -0.268. The predicted molar refractivity (Wildman–Crippen MR) is 96.9 cm³/mol. The molecule has 1 heterocycles. The fourth-order valence-corrected chi connectivity index (χ4v) is 2.34. The third kappa shape index (κ3) is 3.74. The molecule has 6 heteroatoms. The summed E-state index contributed by atoms with van der Waals surface area (Å²) in [6.07, 6.45) is 1.65. The zero-order valence-corrected chi connectivity index (χ0v) is 14.0. The standard InChI is InChI=1S/C19H18N4O2/c1-23(2)18(25)15-12-13(8-9-17(15)24)16-10-11-20-19(22-16)21-14-6-4-3-5-7-14/h3-12,24H,1-2H3,(H,20,21,22). The fourth-order valence-electron chi connectivity index (χ4n) is 2.34. The first-order valence-electron chi connectivity index (χ1n) is 7.75. The summed E-state index contributed by atoms with van der Waals surface area (Å²) in [6.45, 7) is 0. The Hall–Kier alpha value is -3.41. The van der Waals surface area contributed by atoms with Gasteiger partial charge in [-0.2, -0.15) is 0 Å². The maximum Gasteiger partial charge on any atom is 0.257 e. The number of anilines is 2. The van der Waals surface area contributed by atoms with Gasteiger partial charge in [-0.15, -0.1) is 0 Å². The summed E-state index contributed by atoms with van der Waals surface area (Å²) in [5, 5.41) is 13.1. The second-order valence-corrected chi connectivity index (χ2v) is 5.69. The summed E-state index contributed by atoms with van der Waals surface area (Å²) in [6, 6.07) is 16.2. The zero-order valence-electron chi connectivity index (χ0n) is 14.0. The number of nitrogens with one attached hydrogen (secondary N) is 1. The molecular formula is C19H18N4O2. The molecule has 0 aliphatic carbocycles. The number of aromatic hydroxyl groups is 1. The van der Waals surface area contributed by atoms with E-state index in [0.717, 1.165) is 11.3 Å². The van der Waals surface area contributed by atoms with Crippen molar-refractivity contribution in [1.29, 1.82) is 0 Å². The molecule has 0 atom stereocenters. The Morgan fingerprint density at radius 3 is 2.56 bits per heavy atom. The molecule has 6 nitrogen and oxygen atoms in total. The Morgan fingerprint density at radius 1 is 1.08 bits per heavy atom. The van der Waals surface area contributed by atoms with Crippen LogP contribution in [-0.2, 0) is 0 Å². The Labute approximate surface area is 145 Å². The Bertz CT molecular complexity index is 895. The molecule has 126 valence electrons. The number of aromatic nitrogens is 2. The molecule has 0 radical (unpaired) electrons. The lowest BCUT2D eigenvalue weighted by Gasteiger charge is -2.13. The smallest absolute Gasteiger partial charge is 0.257 e. The molecule has 1 aromatic heterocycles. The van der Waals surface area contributed by atoms with Crippen molar-refractivity contribution in [1.82, 2.24) is 14.9 Å². The molecule has 0 aliphatic rings. The highest BCUT2D eigenvalue weighted by atomic mass is 16.3. The van der Waals surface area contributed by atoms with Crippen LogP contribution in [0.15, 0.2) is 60.8 Å². The van der Waals surface area contributed by atoms with E-state index in [1.807, 2.05) is 30.3 Å². The number of benzene rings is 2. The highest BCUT2D eigenvalue weighted by Crippen LogP contribution is 2.26. The van der Waals surface area contributed by atoms with Gasteiger partial charge >= 0.3 is 0 Å². The van der Waals surface area contributed by atoms with Crippen molar-refractivity contribution in [3.8, 4) is 17.0 Å². The van der Waals surface area contributed by atoms with Crippen LogP contribution in [0.1, 0.15) is 10.4 Å². The third-order valence-electron chi connectivity index (χ3n) is 3.61. The lowest BCUT2D eigenvalue weighted by molar-refractivity contribution is 0.0824. The van der Waals surface area contributed by atoms with Gasteiger partial charge in [0, 0.05) is 31.5 Å². The van der Waals surface area contributed by atoms with E-state index in [2.05, 4.69) is 15.3 Å². The molecule has 3 aromatic rings. The minimum absolute atomic E-state index is 0.0564. The maximum absolute atomic E-state index is 12.2. The van der Waals surface area contributed by atoms with Crippen LogP contribution in [0.3, 0.4) is 0 Å². The number of rotatable bonds is 4. The van der Waals surface area contributed by atoms with Crippen LogP contribution < -0.4 is 5.32 Å². The van der Waals surface area contributed by atoms with Gasteiger partial charge in [0.05, 0.1) is 11.3 Å².